The molecular weight excluding hydrogens is 655 g/mol. The highest BCUT2D eigenvalue weighted by molar-refractivity contribution is 5.89. The lowest BCUT2D eigenvalue weighted by atomic mass is 9.55. The number of nitrogens with zero attached hydrogens (tertiary/aromatic N) is 1. The Bertz CT molecular complexity index is 2610. The lowest BCUT2D eigenvalue weighted by molar-refractivity contribution is 0.442. The molecule has 0 aromatic heterocycles. The summed E-state index contributed by atoms with van der Waals surface area (Å²) in [5, 5.41) is 17.5. The van der Waals surface area contributed by atoms with Crippen LogP contribution in [0.25, 0.3) is 28.0 Å². The van der Waals surface area contributed by atoms with E-state index < -0.39 is 5.41 Å². The molecule has 7 aromatic rings. The van der Waals surface area contributed by atoms with Crippen molar-refractivity contribution in [3.05, 3.63) is 232 Å². The fourth-order valence-electron chi connectivity index (χ4n) is 9.52. The van der Waals surface area contributed by atoms with Gasteiger partial charge in [-0.05, 0) is 96.6 Å². The van der Waals surface area contributed by atoms with Crippen molar-refractivity contribution in [3.8, 4) is 28.3 Å². The van der Waals surface area contributed by atoms with Crippen molar-refractivity contribution in [2.75, 3.05) is 0 Å². The normalized spacial score (nSPS) is 18.3. The van der Waals surface area contributed by atoms with Crippen molar-refractivity contribution in [1.82, 2.24) is 10.6 Å². The molecule has 7 aromatic carbocycles. The molecule has 2 N–H and O–H groups in total. The average molecular weight is 694 g/mol. The maximum atomic E-state index is 9.79. The highest BCUT2D eigenvalue weighted by atomic mass is 15.2. The second-order valence-electron chi connectivity index (χ2n) is 15.3. The van der Waals surface area contributed by atoms with Crippen LogP contribution in [0.2, 0.25) is 0 Å². The zero-order chi connectivity index (χ0) is 36.4. The quantitative estimate of drug-likeness (QED) is 0.193. The van der Waals surface area contributed by atoms with Crippen molar-refractivity contribution in [1.29, 1.82) is 5.26 Å². The molecule has 2 aliphatic carbocycles. The van der Waals surface area contributed by atoms with Gasteiger partial charge in [0.05, 0.1) is 23.1 Å². The summed E-state index contributed by atoms with van der Waals surface area (Å²) in [6.07, 6.45) is 2.11. The van der Waals surface area contributed by atoms with Crippen LogP contribution in [0, 0.1) is 11.3 Å². The van der Waals surface area contributed by atoms with E-state index in [2.05, 4.69) is 188 Å². The molecule has 1 aliphatic heterocycles. The number of benzene rings is 7. The van der Waals surface area contributed by atoms with Crippen LogP contribution in [0.1, 0.15) is 81.7 Å². The standard InChI is InChI=1S/C51H39N3/c1-50(2)42-19-8-10-21-44(42)51(45-22-11-9-20-43(45)50)41-18-7-6-17-39(41)40-28-27-37(30-46(40)51)48-31-47(53-49(54-48)38-16-12-13-33(29-38)32-52)36-25-23-35(24-26-36)34-14-4-3-5-15-34/h3-31,47,49,53-54H,1-2H3. The van der Waals surface area contributed by atoms with Crippen LogP contribution in [-0.2, 0) is 10.8 Å². The Hall–Kier alpha value is -6.47. The summed E-state index contributed by atoms with van der Waals surface area (Å²) in [5.74, 6) is 0. The van der Waals surface area contributed by atoms with Crippen LogP contribution in [-0.4, -0.2) is 0 Å². The van der Waals surface area contributed by atoms with Gasteiger partial charge in [-0.15, -0.1) is 0 Å². The molecule has 0 radical (unpaired) electrons. The van der Waals surface area contributed by atoms with Crippen molar-refractivity contribution >= 4 is 5.70 Å². The molecule has 3 aliphatic rings. The molecule has 2 atom stereocenters. The van der Waals surface area contributed by atoms with Gasteiger partial charge in [-0.2, -0.15) is 5.26 Å². The first-order chi connectivity index (χ1) is 26.5. The SMILES string of the molecule is CC1(C)c2ccccc2C2(c3ccccc3-c3ccc(C4=CC(c5ccc(-c6ccccc6)cc5)NC(c5cccc(C#N)c5)N4)cc32)c2ccccc21. The van der Waals surface area contributed by atoms with Gasteiger partial charge < -0.3 is 5.32 Å². The van der Waals surface area contributed by atoms with E-state index >= 15 is 0 Å². The molecule has 0 saturated carbocycles. The summed E-state index contributed by atoms with van der Waals surface area (Å²) in [6, 6.07) is 63.8. The lowest BCUT2D eigenvalue weighted by Crippen LogP contribution is -2.41. The number of hydrogen-bond donors (Lipinski definition) is 2. The van der Waals surface area contributed by atoms with Crippen molar-refractivity contribution in [3.63, 3.8) is 0 Å². The average Bonchev–Trinajstić information content (AvgIpc) is 3.53. The third kappa shape index (κ3) is 4.77. The van der Waals surface area contributed by atoms with Gasteiger partial charge in [-0.1, -0.05) is 166 Å². The second kappa shape index (κ2) is 12.3. The molecular formula is C51H39N3. The van der Waals surface area contributed by atoms with Crippen LogP contribution < -0.4 is 10.6 Å². The topological polar surface area (TPSA) is 47.9 Å². The molecule has 3 nitrogen and oxygen atoms in total. The molecule has 10 rings (SSSR count). The van der Waals surface area contributed by atoms with Gasteiger partial charge >= 0.3 is 0 Å². The Morgan fingerprint density at radius 3 is 1.80 bits per heavy atom. The number of nitrogens with one attached hydrogen (secondary N) is 2. The van der Waals surface area contributed by atoms with E-state index in [9.17, 15) is 5.26 Å². The predicted octanol–water partition coefficient (Wildman–Crippen LogP) is 11.2. The highest BCUT2D eigenvalue weighted by Gasteiger charge is 2.53. The molecule has 1 heterocycles. The van der Waals surface area contributed by atoms with E-state index in [1.165, 1.54) is 61.2 Å². The van der Waals surface area contributed by atoms with Crippen LogP contribution >= 0.6 is 0 Å². The summed E-state index contributed by atoms with van der Waals surface area (Å²) >= 11 is 0. The fraction of sp³-hybridized carbons (Fsp3) is 0.118. The maximum Gasteiger partial charge on any atom is 0.104 e. The monoisotopic (exact) mass is 693 g/mol. The summed E-state index contributed by atoms with van der Waals surface area (Å²) in [7, 11) is 0. The largest absolute Gasteiger partial charge is 0.366 e. The second-order valence-corrected chi connectivity index (χ2v) is 15.3. The zero-order valence-corrected chi connectivity index (χ0v) is 30.3. The van der Waals surface area contributed by atoms with Crippen LogP contribution in [0.5, 0.6) is 0 Å². The van der Waals surface area contributed by atoms with E-state index in [1.54, 1.807) is 0 Å². The van der Waals surface area contributed by atoms with Crippen LogP contribution in [0.3, 0.4) is 0 Å². The first kappa shape index (κ1) is 32.2. The molecule has 1 spiro atoms. The van der Waals surface area contributed by atoms with Crippen LogP contribution in [0.4, 0.5) is 0 Å². The van der Waals surface area contributed by atoms with E-state index in [0.717, 1.165) is 16.8 Å². The number of nitriles is 1. The Balaban J connectivity index is 1.16. The Kier molecular flexibility index (Phi) is 7.34. The number of rotatable bonds is 4. The van der Waals surface area contributed by atoms with E-state index in [4.69, 9.17) is 0 Å². The van der Waals surface area contributed by atoms with Gasteiger partial charge in [0.2, 0.25) is 0 Å². The fourth-order valence-corrected chi connectivity index (χ4v) is 9.52. The minimum atomic E-state index is -0.467. The molecule has 258 valence electrons. The molecule has 54 heavy (non-hydrogen) atoms. The maximum absolute atomic E-state index is 9.79. The first-order valence-electron chi connectivity index (χ1n) is 18.8. The van der Waals surface area contributed by atoms with Gasteiger partial charge in [-0.25, -0.2) is 0 Å². The first-order valence-corrected chi connectivity index (χ1v) is 18.8. The minimum absolute atomic E-state index is 0.0711. The Morgan fingerprint density at radius 1 is 0.500 bits per heavy atom. The lowest BCUT2D eigenvalue weighted by Gasteiger charge is -2.46. The summed E-state index contributed by atoms with van der Waals surface area (Å²) in [4.78, 5) is 0. The van der Waals surface area contributed by atoms with Gasteiger partial charge in [-0.3, -0.25) is 5.32 Å². The number of fused-ring (bicyclic) bond motifs is 9. The molecule has 3 heteroatoms. The van der Waals surface area contributed by atoms with E-state index in [-0.39, 0.29) is 17.6 Å². The summed E-state index contributed by atoms with van der Waals surface area (Å²) < 4.78 is 0. The molecule has 0 amide bonds. The predicted molar refractivity (Wildman–Crippen MR) is 219 cm³/mol. The molecule has 0 bridgehead atoms. The van der Waals surface area contributed by atoms with Crippen LogP contribution in [0.15, 0.2) is 176 Å². The minimum Gasteiger partial charge on any atom is -0.366 e. The van der Waals surface area contributed by atoms with Crippen molar-refractivity contribution < 1.29 is 0 Å². The van der Waals surface area contributed by atoms with Gasteiger partial charge in [0.15, 0.2) is 0 Å². The third-order valence-corrected chi connectivity index (χ3v) is 12.1. The van der Waals surface area contributed by atoms with E-state index in [1.807, 2.05) is 18.2 Å². The highest BCUT2D eigenvalue weighted by Crippen LogP contribution is 2.62. The summed E-state index contributed by atoms with van der Waals surface area (Å²) in [5.41, 5.74) is 17.5. The molecule has 0 fully saturated rings. The van der Waals surface area contributed by atoms with Gasteiger partial charge in [0.1, 0.15) is 6.17 Å². The van der Waals surface area contributed by atoms with Crippen molar-refractivity contribution in [2.24, 2.45) is 0 Å². The molecule has 2 unspecified atom stereocenters. The number of hydrogen-bond acceptors (Lipinski definition) is 3. The van der Waals surface area contributed by atoms with Crippen molar-refractivity contribution in [2.45, 2.75) is 36.9 Å². The summed E-state index contributed by atoms with van der Waals surface area (Å²) in [6.45, 7) is 4.74. The smallest absolute Gasteiger partial charge is 0.104 e. The Morgan fingerprint density at radius 2 is 1.09 bits per heavy atom. The zero-order valence-electron chi connectivity index (χ0n) is 30.3. The van der Waals surface area contributed by atoms with E-state index in [0.29, 0.717) is 5.56 Å². The molecule has 0 saturated heterocycles. The van der Waals surface area contributed by atoms with Gasteiger partial charge in [0.25, 0.3) is 0 Å². The van der Waals surface area contributed by atoms with Gasteiger partial charge in [0, 0.05) is 11.1 Å². The third-order valence-electron chi connectivity index (χ3n) is 12.1. The Labute approximate surface area is 317 Å².